The molecule has 4 aliphatic heterocycles. The van der Waals surface area contributed by atoms with Gasteiger partial charge in [-0.3, -0.25) is 14.4 Å². The third-order valence-corrected chi connectivity index (χ3v) is 9.99. The Morgan fingerprint density at radius 1 is 1.32 bits per heavy atom. The summed E-state index contributed by atoms with van der Waals surface area (Å²) in [5, 5.41) is 43.7. The topological polar surface area (TPSA) is 217 Å². The average Bonchev–Trinajstić information content (AvgIpc) is 3.67. The number of nitrogens with one attached hydrogen (secondary N) is 1. The van der Waals surface area contributed by atoms with Gasteiger partial charge in [0.2, 0.25) is 11.8 Å². The number of aliphatic carboxylic acids is 1. The number of hydrogen-bond acceptors (Lipinski definition) is 12. The number of aromatic nitrogens is 4. The van der Waals surface area contributed by atoms with Crippen LogP contribution in [-0.2, 0) is 25.7 Å². The molecule has 5 rings (SSSR count). The van der Waals surface area contributed by atoms with Crippen molar-refractivity contribution in [2.45, 2.75) is 68.8 Å². The molecule has 16 heteroatoms. The van der Waals surface area contributed by atoms with Crippen LogP contribution in [0.2, 0.25) is 0 Å². The van der Waals surface area contributed by atoms with Crippen LogP contribution in [0.25, 0.3) is 0 Å². The van der Waals surface area contributed by atoms with Gasteiger partial charge in [-0.1, -0.05) is 13.8 Å². The Kier molecular flexibility index (Phi) is 7.98. The predicted molar refractivity (Wildman–Crippen MR) is 139 cm³/mol. The summed E-state index contributed by atoms with van der Waals surface area (Å²) < 4.78 is 1.32. The van der Waals surface area contributed by atoms with Crippen molar-refractivity contribution in [2.24, 2.45) is 23.5 Å². The van der Waals surface area contributed by atoms with Gasteiger partial charge in [0.05, 0.1) is 42.8 Å². The number of hydrogen-bond donors (Lipinski definition) is 5. The molecular weight excluding hydrogens is 544 g/mol. The number of carboxylic acid groups (broad SMARTS) is 1. The van der Waals surface area contributed by atoms with Crippen LogP contribution in [0.1, 0.15) is 26.7 Å². The van der Waals surface area contributed by atoms with Crippen LogP contribution >= 0.6 is 11.8 Å². The number of fused-ring (bicyclic) bond motifs is 1. The van der Waals surface area contributed by atoms with Crippen LogP contribution in [-0.4, -0.2) is 124 Å². The molecule has 3 fully saturated rings. The SMILES string of the molecule is C[C@@H](CC(=O)Cn1cnnn1)[C@H]1C(=O)N2C(C(=O)O)=C(S[C@@H]3CN[C@H](C(=O)N4CC(N)C(O)C4CO)C3)[C@H](C)[C@H]12. The standard InChI is InChI=1S/C24H34N8O7S/c1-10(3-12(34)6-30-9-27-28-29-30)17-18-11(2)21(19(24(38)39)32(18)23(17)37)40-13-4-15(26-5-13)22(36)31-7-14(25)20(35)16(31)8-33/h9-11,13-18,20,26,33,35H,3-8,25H2,1-2H3,(H,38,39)/t10-,11+,13-,14?,15-,16?,17+,18+,20?/m0/s1. The number of aliphatic hydroxyl groups excluding tert-OH is 2. The quantitative estimate of drug-likeness (QED) is 0.180. The van der Waals surface area contributed by atoms with Crippen LogP contribution in [0, 0.1) is 17.8 Å². The summed E-state index contributed by atoms with van der Waals surface area (Å²) in [6.45, 7) is 3.91. The molecule has 218 valence electrons. The second kappa shape index (κ2) is 11.2. The fourth-order valence-corrected chi connectivity index (χ4v) is 7.99. The smallest absolute Gasteiger partial charge is 0.353 e. The average molecular weight is 579 g/mol. The van der Waals surface area contributed by atoms with Gasteiger partial charge in [-0.05, 0) is 22.8 Å². The van der Waals surface area contributed by atoms with E-state index >= 15 is 0 Å². The Hall–Kier alpha value is -2.92. The van der Waals surface area contributed by atoms with Crippen molar-refractivity contribution in [1.29, 1.82) is 0 Å². The van der Waals surface area contributed by atoms with Crippen molar-refractivity contribution in [2.75, 3.05) is 19.7 Å². The van der Waals surface area contributed by atoms with Gasteiger partial charge in [-0.15, -0.1) is 16.9 Å². The zero-order valence-electron chi connectivity index (χ0n) is 22.2. The molecule has 0 bridgehead atoms. The number of carbonyl (C=O) groups excluding carboxylic acids is 3. The van der Waals surface area contributed by atoms with Crippen LogP contribution in [0.4, 0.5) is 0 Å². The minimum Gasteiger partial charge on any atom is -0.477 e. The number of amides is 2. The van der Waals surface area contributed by atoms with Gasteiger partial charge in [-0.25, -0.2) is 9.48 Å². The van der Waals surface area contributed by atoms with Crippen LogP contribution in [0.3, 0.4) is 0 Å². The van der Waals surface area contributed by atoms with Crippen molar-refractivity contribution in [3.8, 4) is 0 Å². The molecule has 0 aliphatic carbocycles. The summed E-state index contributed by atoms with van der Waals surface area (Å²) in [5.41, 5.74) is 5.87. The minimum absolute atomic E-state index is 0.00213. The van der Waals surface area contributed by atoms with E-state index in [9.17, 15) is 34.5 Å². The number of thioether (sulfide) groups is 1. The lowest BCUT2D eigenvalue weighted by molar-refractivity contribution is -0.160. The maximum atomic E-state index is 13.2. The van der Waals surface area contributed by atoms with E-state index in [-0.39, 0.29) is 65.9 Å². The number of rotatable bonds is 10. The van der Waals surface area contributed by atoms with E-state index in [0.29, 0.717) is 17.9 Å². The third-order valence-electron chi connectivity index (χ3n) is 8.48. The molecule has 6 N–H and O–H groups in total. The molecule has 5 heterocycles. The van der Waals surface area contributed by atoms with E-state index in [0.717, 1.165) is 0 Å². The molecule has 0 aromatic carbocycles. The fourth-order valence-electron chi connectivity index (χ4n) is 6.51. The predicted octanol–water partition coefficient (Wildman–Crippen LogP) is -2.60. The summed E-state index contributed by atoms with van der Waals surface area (Å²) in [4.78, 5) is 54.6. The number of ketones is 1. The lowest BCUT2D eigenvalue weighted by atomic mass is 9.73. The highest BCUT2D eigenvalue weighted by atomic mass is 32.2. The molecule has 0 saturated carbocycles. The van der Waals surface area contributed by atoms with Gasteiger partial charge in [-0.2, -0.15) is 0 Å². The van der Waals surface area contributed by atoms with Gasteiger partial charge >= 0.3 is 5.97 Å². The molecule has 0 radical (unpaired) electrons. The number of likely N-dealkylation sites (tertiary alicyclic amines) is 1. The summed E-state index contributed by atoms with van der Waals surface area (Å²) in [5.74, 6) is -2.91. The van der Waals surface area contributed by atoms with Crippen LogP contribution in [0.5, 0.6) is 0 Å². The van der Waals surface area contributed by atoms with E-state index in [2.05, 4.69) is 20.8 Å². The molecule has 40 heavy (non-hydrogen) atoms. The molecule has 0 spiro atoms. The number of β-lactam (4-membered cyclic amide) rings is 1. The first-order valence-corrected chi connectivity index (χ1v) is 14.2. The summed E-state index contributed by atoms with van der Waals surface area (Å²) in [7, 11) is 0. The monoisotopic (exact) mass is 578 g/mol. The Labute approximate surface area is 234 Å². The van der Waals surface area contributed by atoms with Crippen molar-refractivity contribution >= 4 is 35.3 Å². The van der Waals surface area contributed by atoms with E-state index in [1.807, 2.05) is 13.8 Å². The number of carboxylic acids is 1. The highest BCUT2D eigenvalue weighted by Crippen LogP contribution is 2.53. The molecule has 9 atom stereocenters. The maximum Gasteiger partial charge on any atom is 0.353 e. The van der Waals surface area contributed by atoms with E-state index in [1.54, 1.807) is 0 Å². The first-order chi connectivity index (χ1) is 19.0. The summed E-state index contributed by atoms with van der Waals surface area (Å²) >= 11 is 1.37. The number of Topliss-reactive ketones (excluding diaryl/α,β-unsaturated/α-hetero) is 1. The normalized spacial score (nSPS) is 34.3. The first-order valence-electron chi connectivity index (χ1n) is 13.3. The third kappa shape index (κ3) is 4.91. The van der Waals surface area contributed by atoms with E-state index in [4.69, 9.17) is 5.73 Å². The maximum absolute atomic E-state index is 13.2. The molecule has 3 unspecified atom stereocenters. The summed E-state index contributed by atoms with van der Waals surface area (Å²) in [6.07, 6.45) is 0.888. The van der Waals surface area contributed by atoms with Gasteiger partial charge < -0.3 is 36.2 Å². The Morgan fingerprint density at radius 3 is 2.73 bits per heavy atom. The molecule has 1 aromatic heterocycles. The molecule has 4 aliphatic rings. The van der Waals surface area contributed by atoms with Crippen molar-refractivity contribution in [3.05, 3.63) is 16.9 Å². The zero-order valence-corrected chi connectivity index (χ0v) is 23.0. The van der Waals surface area contributed by atoms with Gasteiger partial charge in [0.15, 0.2) is 5.78 Å². The number of aliphatic hydroxyl groups is 2. The number of carbonyl (C=O) groups is 4. The van der Waals surface area contributed by atoms with Crippen LogP contribution in [0.15, 0.2) is 16.9 Å². The Bertz CT molecular complexity index is 1210. The molecule has 15 nitrogen and oxygen atoms in total. The largest absolute Gasteiger partial charge is 0.477 e. The summed E-state index contributed by atoms with van der Waals surface area (Å²) in [6, 6.07) is -2.32. The van der Waals surface area contributed by atoms with E-state index in [1.165, 1.54) is 32.6 Å². The highest BCUT2D eigenvalue weighted by molar-refractivity contribution is 8.03. The van der Waals surface area contributed by atoms with Gasteiger partial charge in [0, 0.05) is 35.6 Å². The molecule has 1 aromatic rings. The molecular formula is C24H34N8O7S. The van der Waals surface area contributed by atoms with Crippen molar-refractivity contribution in [3.63, 3.8) is 0 Å². The van der Waals surface area contributed by atoms with Crippen LogP contribution < -0.4 is 11.1 Å². The number of tetrazole rings is 1. The van der Waals surface area contributed by atoms with E-state index < -0.39 is 42.7 Å². The number of nitrogens with two attached hydrogens (primary N) is 1. The second-order valence-corrected chi connectivity index (χ2v) is 12.4. The van der Waals surface area contributed by atoms with Crippen molar-refractivity contribution < 1.29 is 34.5 Å². The fraction of sp³-hybridized carbons (Fsp3) is 0.708. The second-order valence-electron chi connectivity index (χ2n) is 11.1. The van der Waals surface area contributed by atoms with Gasteiger partial charge in [0.25, 0.3) is 0 Å². The number of nitrogens with zero attached hydrogens (tertiary/aromatic N) is 6. The van der Waals surface area contributed by atoms with Crippen molar-refractivity contribution in [1.82, 2.24) is 35.3 Å². The minimum atomic E-state index is -1.18. The zero-order chi connectivity index (χ0) is 28.9. The highest BCUT2D eigenvalue weighted by Gasteiger charge is 2.60. The lowest BCUT2D eigenvalue weighted by Crippen LogP contribution is -2.62. The Balaban J connectivity index is 1.24. The molecule has 2 amide bonds. The Morgan fingerprint density at radius 2 is 2.08 bits per heavy atom. The lowest BCUT2D eigenvalue weighted by Gasteiger charge is -2.47. The van der Waals surface area contributed by atoms with Gasteiger partial charge in [0.1, 0.15) is 18.6 Å². The molecule has 3 saturated heterocycles. The first kappa shape index (κ1) is 28.6.